The highest BCUT2D eigenvalue weighted by Crippen LogP contribution is 2.39. The lowest BCUT2D eigenvalue weighted by molar-refractivity contribution is -0.146. The van der Waals surface area contributed by atoms with Crippen LogP contribution < -0.4 is 0 Å². The molecule has 0 bridgehead atoms. The number of carbonyl (C=O) groups excluding carboxylic acids is 1. The fourth-order valence-corrected chi connectivity index (χ4v) is 3.20. The molecule has 122 valence electrons. The van der Waals surface area contributed by atoms with E-state index in [1.807, 2.05) is 30.3 Å². The third kappa shape index (κ3) is 2.96. The molecule has 0 radical (unpaired) electrons. The molecular formula is C17H21N3O3. The summed E-state index contributed by atoms with van der Waals surface area (Å²) >= 11 is 0. The fourth-order valence-electron chi connectivity index (χ4n) is 3.20. The van der Waals surface area contributed by atoms with Crippen molar-refractivity contribution in [1.82, 2.24) is 9.80 Å². The zero-order valence-corrected chi connectivity index (χ0v) is 13.0. The van der Waals surface area contributed by atoms with Gasteiger partial charge in [0.05, 0.1) is 13.1 Å². The molecule has 6 nitrogen and oxygen atoms in total. The smallest absolute Gasteiger partial charge is 0.333 e. The average molecular weight is 315 g/mol. The molecule has 23 heavy (non-hydrogen) atoms. The molecule has 1 unspecified atom stereocenters. The van der Waals surface area contributed by atoms with E-state index in [4.69, 9.17) is 4.74 Å². The van der Waals surface area contributed by atoms with Gasteiger partial charge in [0.15, 0.2) is 6.04 Å². The first-order chi connectivity index (χ1) is 11.1. The molecule has 0 spiro atoms. The number of esters is 1. The Morgan fingerprint density at radius 1 is 1.30 bits per heavy atom. The summed E-state index contributed by atoms with van der Waals surface area (Å²) in [5.74, 6) is 0.630. The number of piperazine rings is 1. The van der Waals surface area contributed by atoms with Crippen molar-refractivity contribution in [3.05, 3.63) is 35.9 Å². The Morgan fingerprint density at radius 3 is 2.83 bits per heavy atom. The number of benzene rings is 1. The summed E-state index contributed by atoms with van der Waals surface area (Å²) in [7, 11) is 0. The third-order valence-electron chi connectivity index (χ3n) is 4.82. The maximum Gasteiger partial charge on any atom is 0.333 e. The molecule has 0 aromatic heterocycles. The highest BCUT2D eigenvalue weighted by molar-refractivity contribution is 5.91. The number of aliphatic imine (C=N–C) groups is 1. The Labute approximate surface area is 135 Å². The van der Waals surface area contributed by atoms with E-state index in [2.05, 4.69) is 14.8 Å². The molecule has 6 heteroatoms. The molecule has 2 aliphatic heterocycles. The van der Waals surface area contributed by atoms with E-state index in [1.54, 1.807) is 0 Å². The van der Waals surface area contributed by atoms with Gasteiger partial charge in [-0.1, -0.05) is 30.3 Å². The van der Waals surface area contributed by atoms with Crippen molar-refractivity contribution in [2.45, 2.75) is 31.2 Å². The zero-order chi connectivity index (χ0) is 15.9. The van der Waals surface area contributed by atoms with Crippen LogP contribution >= 0.6 is 0 Å². The number of ether oxygens (including phenoxy) is 1. The van der Waals surface area contributed by atoms with Crippen LogP contribution in [0, 0.1) is 0 Å². The lowest BCUT2D eigenvalue weighted by Crippen LogP contribution is -2.53. The minimum Gasteiger partial charge on any atom is -0.459 e. The molecule has 1 N–H and O–H groups in total. The van der Waals surface area contributed by atoms with Crippen LogP contribution in [0.3, 0.4) is 0 Å². The van der Waals surface area contributed by atoms with Gasteiger partial charge in [0.1, 0.15) is 18.2 Å². The Kier molecular flexibility index (Phi) is 3.58. The average Bonchev–Trinajstić information content (AvgIpc) is 3.19. The van der Waals surface area contributed by atoms with Crippen molar-refractivity contribution < 1.29 is 14.6 Å². The molecule has 1 aromatic carbocycles. The van der Waals surface area contributed by atoms with Crippen LogP contribution in [0.4, 0.5) is 0 Å². The first kappa shape index (κ1) is 14.7. The zero-order valence-electron chi connectivity index (χ0n) is 13.0. The summed E-state index contributed by atoms with van der Waals surface area (Å²) in [5, 5.41) is 10.2. The molecule has 1 aliphatic carbocycles. The summed E-state index contributed by atoms with van der Waals surface area (Å²) in [5.41, 5.74) is 0.354. The number of fused-ring (bicyclic) bond motifs is 1. The molecule has 2 heterocycles. The van der Waals surface area contributed by atoms with Crippen LogP contribution in [0.25, 0.3) is 0 Å². The number of hydrogen-bond donors (Lipinski definition) is 1. The first-order valence-corrected chi connectivity index (χ1v) is 8.14. The van der Waals surface area contributed by atoms with Gasteiger partial charge in [0, 0.05) is 13.1 Å². The van der Waals surface area contributed by atoms with E-state index in [1.165, 1.54) is 0 Å². The molecule has 1 aromatic rings. The van der Waals surface area contributed by atoms with Gasteiger partial charge in [0.25, 0.3) is 0 Å². The molecule has 1 saturated heterocycles. The molecular weight excluding hydrogens is 294 g/mol. The fraction of sp³-hybridized carbons (Fsp3) is 0.529. The third-order valence-corrected chi connectivity index (χ3v) is 4.82. The predicted octanol–water partition coefficient (Wildman–Crippen LogP) is 0.610. The van der Waals surface area contributed by atoms with E-state index >= 15 is 0 Å². The van der Waals surface area contributed by atoms with Crippen LogP contribution in [0.15, 0.2) is 35.3 Å². The van der Waals surface area contributed by atoms with Crippen LogP contribution in [0.2, 0.25) is 0 Å². The van der Waals surface area contributed by atoms with Gasteiger partial charge < -0.3 is 14.7 Å². The van der Waals surface area contributed by atoms with E-state index in [0.717, 1.165) is 37.3 Å². The summed E-state index contributed by atoms with van der Waals surface area (Å²) in [6, 6.07) is 9.22. The van der Waals surface area contributed by atoms with Crippen molar-refractivity contribution in [1.29, 1.82) is 0 Å². The number of nitrogens with zero attached hydrogens (tertiary/aromatic N) is 3. The molecule has 3 aliphatic rings. The Balaban J connectivity index is 1.35. The van der Waals surface area contributed by atoms with Crippen LogP contribution in [0.5, 0.6) is 0 Å². The first-order valence-electron chi connectivity index (χ1n) is 8.14. The van der Waals surface area contributed by atoms with Crippen molar-refractivity contribution in [3.63, 3.8) is 0 Å². The number of aliphatic hydroxyl groups is 1. The SMILES string of the molecule is O=C(OCc1ccccc1)C1CN2CCN(C3(O)CC3)CC2=N1. The number of amidine groups is 1. The van der Waals surface area contributed by atoms with Crippen molar-refractivity contribution >= 4 is 11.8 Å². The van der Waals surface area contributed by atoms with E-state index in [9.17, 15) is 9.90 Å². The molecule has 1 saturated carbocycles. The maximum atomic E-state index is 12.2. The summed E-state index contributed by atoms with van der Waals surface area (Å²) in [6.07, 6.45) is 1.67. The van der Waals surface area contributed by atoms with Crippen molar-refractivity contribution in [2.75, 3.05) is 26.2 Å². The van der Waals surface area contributed by atoms with E-state index in [0.29, 0.717) is 13.1 Å². The van der Waals surface area contributed by atoms with E-state index < -0.39 is 11.8 Å². The summed E-state index contributed by atoms with van der Waals surface area (Å²) < 4.78 is 5.39. The van der Waals surface area contributed by atoms with Gasteiger partial charge >= 0.3 is 5.97 Å². The topological polar surface area (TPSA) is 65.4 Å². The molecule has 4 rings (SSSR count). The van der Waals surface area contributed by atoms with Crippen molar-refractivity contribution in [3.8, 4) is 0 Å². The highest BCUT2D eigenvalue weighted by Gasteiger charge is 2.49. The second-order valence-electron chi connectivity index (χ2n) is 6.50. The van der Waals surface area contributed by atoms with E-state index in [-0.39, 0.29) is 12.6 Å². The monoisotopic (exact) mass is 315 g/mol. The van der Waals surface area contributed by atoms with Gasteiger partial charge in [-0.25, -0.2) is 4.79 Å². The molecule has 2 fully saturated rings. The Morgan fingerprint density at radius 2 is 2.09 bits per heavy atom. The van der Waals surface area contributed by atoms with Gasteiger partial charge in [0.2, 0.25) is 0 Å². The minimum atomic E-state index is -0.624. The normalized spacial score (nSPS) is 25.7. The Hall–Kier alpha value is -1.92. The van der Waals surface area contributed by atoms with Gasteiger partial charge in [-0.2, -0.15) is 0 Å². The largest absolute Gasteiger partial charge is 0.459 e. The second kappa shape index (κ2) is 5.62. The van der Waals surface area contributed by atoms with Gasteiger partial charge in [-0.05, 0) is 18.4 Å². The Bertz CT molecular complexity index is 627. The van der Waals surface area contributed by atoms with Crippen molar-refractivity contribution in [2.24, 2.45) is 4.99 Å². The lowest BCUT2D eigenvalue weighted by atomic mass is 10.2. The van der Waals surface area contributed by atoms with Crippen LogP contribution in [-0.4, -0.2) is 64.7 Å². The van der Waals surface area contributed by atoms with Gasteiger partial charge in [-0.3, -0.25) is 9.89 Å². The number of rotatable bonds is 4. The molecule has 0 amide bonds. The second-order valence-corrected chi connectivity index (χ2v) is 6.50. The lowest BCUT2D eigenvalue weighted by Gasteiger charge is -2.36. The predicted molar refractivity (Wildman–Crippen MR) is 84.8 cm³/mol. The minimum absolute atomic E-state index is 0.271. The van der Waals surface area contributed by atoms with Crippen LogP contribution in [-0.2, 0) is 16.1 Å². The maximum absolute atomic E-state index is 12.2. The summed E-state index contributed by atoms with van der Waals surface area (Å²) in [6.45, 7) is 3.13. The van der Waals surface area contributed by atoms with Crippen LogP contribution in [0.1, 0.15) is 18.4 Å². The highest BCUT2D eigenvalue weighted by atomic mass is 16.5. The quantitative estimate of drug-likeness (QED) is 0.825. The summed E-state index contributed by atoms with van der Waals surface area (Å²) in [4.78, 5) is 21.0. The standard InChI is InChI=1S/C17H21N3O3/c21-16(23-12-13-4-2-1-3-5-13)14-10-19-8-9-20(11-15(19)18-14)17(22)6-7-17/h1-5,14,22H,6-12H2. The number of carbonyl (C=O) groups is 1. The number of hydrogen-bond acceptors (Lipinski definition) is 6. The van der Waals surface area contributed by atoms with Gasteiger partial charge in [-0.15, -0.1) is 0 Å². The molecule has 1 atom stereocenters.